The maximum Gasteiger partial charge on any atom is 0.257 e. The second-order valence-corrected chi connectivity index (χ2v) is 2.65. The Balaban J connectivity index is 2.83. The number of rotatable bonds is 4. The molecule has 0 aliphatic heterocycles. The van der Waals surface area contributed by atoms with Gasteiger partial charge in [0.15, 0.2) is 6.79 Å². The zero-order valence-electron chi connectivity index (χ0n) is 8.01. The molecule has 5 heteroatoms. The fourth-order valence-corrected chi connectivity index (χ4v) is 1.03. The highest BCUT2D eigenvalue weighted by Crippen LogP contribution is 2.18. The summed E-state index contributed by atoms with van der Waals surface area (Å²) in [5.41, 5.74) is 2.66. The lowest BCUT2D eigenvalue weighted by atomic mass is 10.2. The Hall–Kier alpha value is -1.85. The van der Waals surface area contributed by atoms with E-state index in [1.165, 1.54) is 6.08 Å². The Morgan fingerprint density at radius 3 is 2.93 bits per heavy atom. The summed E-state index contributed by atoms with van der Waals surface area (Å²) < 4.78 is 4.94. The summed E-state index contributed by atoms with van der Waals surface area (Å²) >= 11 is 0. The molecule has 0 aromatic heterocycles. The molecule has 4 N–H and O–H groups in total. The van der Waals surface area contributed by atoms with Crippen LogP contribution in [-0.2, 0) is 4.79 Å². The predicted molar refractivity (Wildman–Crippen MR) is 55.5 cm³/mol. The molecular formula is C10H12N2O3. The molecule has 0 saturated carbocycles. The molecule has 0 unspecified atom stereocenters. The molecule has 1 aromatic rings. The highest BCUT2D eigenvalue weighted by atomic mass is 16.6. The van der Waals surface area contributed by atoms with Crippen molar-refractivity contribution in [3.63, 3.8) is 0 Å². The van der Waals surface area contributed by atoms with Crippen molar-refractivity contribution in [1.82, 2.24) is 5.43 Å². The summed E-state index contributed by atoms with van der Waals surface area (Å²) in [6.07, 6.45) is 2.83. The molecule has 0 atom stereocenters. The number of carbonyl (C=O) groups excluding carboxylic acids is 1. The van der Waals surface area contributed by atoms with Crippen LogP contribution in [0.3, 0.4) is 0 Å². The standard InChI is InChI=1S/C10H12N2O3/c11-12-10(14)6-5-8-3-1-2-4-9(8)15-7-13/h1-6,13H,7,11H2,(H,12,14). The third-order valence-electron chi connectivity index (χ3n) is 1.70. The minimum Gasteiger partial charge on any atom is -0.467 e. The van der Waals surface area contributed by atoms with Crippen LogP contribution in [0.1, 0.15) is 5.56 Å². The third kappa shape index (κ3) is 3.41. The van der Waals surface area contributed by atoms with Crippen LogP contribution in [-0.4, -0.2) is 17.8 Å². The van der Waals surface area contributed by atoms with Crippen molar-refractivity contribution in [2.24, 2.45) is 5.84 Å². The maximum atomic E-state index is 10.8. The highest BCUT2D eigenvalue weighted by Gasteiger charge is 1.98. The first-order valence-electron chi connectivity index (χ1n) is 4.29. The molecule has 1 amide bonds. The molecule has 1 aromatic carbocycles. The number of hydrogen-bond donors (Lipinski definition) is 3. The number of nitrogens with two attached hydrogens (primary N) is 1. The summed E-state index contributed by atoms with van der Waals surface area (Å²) in [6.45, 7) is -0.409. The van der Waals surface area contributed by atoms with E-state index in [-0.39, 0.29) is 0 Å². The lowest BCUT2D eigenvalue weighted by molar-refractivity contribution is -0.116. The van der Waals surface area contributed by atoms with E-state index in [9.17, 15) is 4.79 Å². The van der Waals surface area contributed by atoms with Crippen molar-refractivity contribution in [3.8, 4) is 5.75 Å². The average molecular weight is 208 g/mol. The molecule has 1 rings (SSSR count). The van der Waals surface area contributed by atoms with Gasteiger partial charge in [0.25, 0.3) is 5.91 Å². The lowest BCUT2D eigenvalue weighted by Gasteiger charge is -2.05. The van der Waals surface area contributed by atoms with Gasteiger partial charge in [-0.05, 0) is 12.1 Å². The van der Waals surface area contributed by atoms with E-state index in [2.05, 4.69) is 0 Å². The van der Waals surface area contributed by atoms with Crippen LogP contribution >= 0.6 is 0 Å². The van der Waals surface area contributed by atoms with E-state index in [1.54, 1.807) is 30.3 Å². The minimum absolute atomic E-state index is 0.409. The van der Waals surface area contributed by atoms with E-state index in [1.807, 2.05) is 5.43 Å². The Bertz CT molecular complexity index is 363. The smallest absolute Gasteiger partial charge is 0.257 e. The summed E-state index contributed by atoms with van der Waals surface area (Å²) in [4.78, 5) is 10.8. The maximum absolute atomic E-state index is 10.8. The number of ether oxygens (including phenoxy) is 1. The summed E-state index contributed by atoms with van der Waals surface area (Å²) in [7, 11) is 0. The SMILES string of the molecule is NNC(=O)C=Cc1ccccc1OCO. The molecule has 5 nitrogen and oxygen atoms in total. The van der Waals surface area contributed by atoms with E-state index in [4.69, 9.17) is 15.7 Å². The molecule has 0 aliphatic carbocycles. The fourth-order valence-electron chi connectivity index (χ4n) is 1.03. The number of hydrazine groups is 1. The monoisotopic (exact) mass is 208 g/mol. The molecule has 0 aliphatic rings. The van der Waals surface area contributed by atoms with Gasteiger partial charge in [-0.2, -0.15) is 0 Å². The van der Waals surface area contributed by atoms with Crippen molar-refractivity contribution < 1.29 is 14.6 Å². The first-order valence-corrected chi connectivity index (χ1v) is 4.29. The largest absolute Gasteiger partial charge is 0.467 e. The van der Waals surface area contributed by atoms with Gasteiger partial charge >= 0.3 is 0 Å². The lowest BCUT2D eigenvalue weighted by Crippen LogP contribution is -2.27. The van der Waals surface area contributed by atoms with Gasteiger partial charge in [0.05, 0.1) is 0 Å². The fraction of sp³-hybridized carbons (Fsp3) is 0.100. The van der Waals surface area contributed by atoms with Crippen LogP contribution in [0.5, 0.6) is 5.75 Å². The van der Waals surface area contributed by atoms with Gasteiger partial charge in [0.2, 0.25) is 0 Å². The zero-order chi connectivity index (χ0) is 11.1. The number of hydrogen-bond acceptors (Lipinski definition) is 4. The van der Waals surface area contributed by atoms with Gasteiger partial charge in [-0.1, -0.05) is 18.2 Å². The predicted octanol–water partition coefficient (Wildman–Crippen LogP) is 0.0183. The van der Waals surface area contributed by atoms with Crippen molar-refractivity contribution in [3.05, 3.63) is 35.9 Å². The van der Waals surface area contributed by atoms with Crippen LogP contribution in [0.2, 0.25) is 0 Å². The van der Waals surface area contributed by atoms with E-state index >= 15 is 0 Å². The van der Waals surface area contributed by atoms with Crippen molar-refractivity contribution >= 4 is 12.0 Å². The second-order valence-electron chi connectivity index (χ2n) is 2.65. The third-order valence-corrected chi connectivity index (χ3v) is 1.70. The molecule has 0 radical (unpaired) electrons. The Kier molecular flexibility index (Phi) is 4.33. The Morgan fingerprint density at radius 2 is 2.27 bits per heavy atom. The van der Waals surface area contributed by atoms with Gasteiger partial charge in [0, 0.05) is 11.6 Å². The van der Waals surface area contributed by atoms with Crippen LogP contribution in [0.15, 0.2) is 30.3 Å². The molecule has 0 heterocycles. The number of amides is 1. The Morgan fingerprint density at radius 1 is 1.53 bits per heavy atom. The molecule has 15 heavy (non-hydrogen) atoms. The minimum atomic E-state index is -0.409. The van der Waals surface area contributed by atoms with Crippen molar-refractivity contribution in [2.45, 2.75) is 0 Å². The van der Waals surface area contributed by atoms with Crippen LogP contribution in [0.4, 0.5) is 0 Å². The molecular weight excluding hydrogens is 196 g/mol. The van der Waals surface area contributed by atoms with Gasteiger partial charge in [-0.25, -0.2) is 5.84 Å². The van der Waals surface area contributed by atoms with Crippen molar-refractivity contribution in [1.29, 1.82) is 0 Å². The molecule has 80 valence electrons. The van der Waals surface area contributed by atoms with Gasteiger partial charge in [-0.15, -0.1) is 0 Å². The summed E-state index contributed by atoms with van der Waals surface area (Å²) in [6, 6.07) is 7.01. The van der Waals surface area contributed by atoms with E-state index in [0.717, 1.165) is 0 Å². The second kappa shape index (κ2) is 5.79. The highest BCUT2D eigenvalue weighted by molar-refractivity contribution is 5.91. The van der Waals surface area contributed by atoms with E-state index in [0.29, 0.717) is 11.3 Å². The number of carbonyl (C=O) groups is 1. The summed E-state index contributed by atoms with van der Waals surface area (Å²) in [5.74, 6) is 5.00. The van der Waals surface area contributed by atoms with E-state index < -0.39 is 12.7 Å². The number of aliphatic hydroxyl groups excluding tert-OH is 1. The topological polar surface area (TPSA) is 84.6 Å². The first kappa shape index (κ1) is 11.2. The Labute approximate surface area is 87.1 Å². The average Bonchev–Trinajstić information content (AvgIpc) is 2.28. The van der Waals surface area contributed by atoms with Crippen molar-refractivity contribution in [2.75, 3.05) is 6.79 Å². The van der Waals surface area contributed by atoms with Crippen LogP contribution in [0.25, 0.3) is 6.08 Å². The number of aliphatic hydroxyl groups is 1. The quantitative estimate of drug-likeness (QED) is 0.214. The number of nitrogens with one attached hydrogen (secondary N) is 1. The molecule has 0 saturated heterocycles. The van der Waals surface area contributed by atoms with Crippen LogP contribution in [0, 0.1) is 0 Å². The molecule has 0 spiro atoms. The molecule has 0 bridgehead atoms. The van der Waals surface area contributed by atoms with Gasteiger partial charge in [0.1, 0.15) is 5.75 Å². The number of benzene rings is 1. The van der Waals surface area contributed by atoms with Crippen LogP contribution < -0.4 is 16.0 Å². The summed E-state index contributed by atoms with van der Waals surface area (Å²) in [5, 5.41) is 8.62. The van der Waals surface area contributed by atoms with Gasteiger partial charge < -0.3 is 9.84 Å². The number of para-hydroxylation sites is 1. The van der Waals surface area contributed by atoms with Gasteiger partial charge in [-0.3, -0.25) is 10.2 Å². The zero-order valence-corrected chi connectivity index (χ0v) is 8.01. The molecule has 0 fully saturated rings. The first-order chi connectivity index (χ1) is 7.27. The normalized spacial score (nSPS) is 10.3.